The molecule has 1 atom stereocenters. The first-order chi connectivity index (χ1) is 7.86. The molecule has 0 aliphatic heterocycles. The number of hydrogen-bond acceptors (Lipinski definition) is 0. The summed E-state index contributed by atoms with van der Waals surface area (Å²) in [4.78, 5) is 0. The summed E-state index contributed by atoms with van der Waals surface area (Å²) in [6, 6.07) is 9.21. The molecule has 0 amide bonds. The first kappa shape index (κ1) is 14.3. The van der Waals surface area contributed by atoms with Crippen molar-refractivity contribution in [2.45, 2.75) is 65.7 Å². The zero-order valence-corrected chi connectivity index (χ0v) is 12.4. The maximum absolute atomic E-state index is 2.36. The van der Waals surface area contributed by atoms with Crippen LogP contribution in [0.1, 0.15) is 71.4 Å². The predicted octanol–water partition coefficient (Wildman–Crippen LogP) is 5.52. The maximum Gasteiger partial charge on any atom is -0.0101 e. The molecule has 0 nitrogen and oxygen atoms in total. The van der Waals surface area contributed by atoms with Crippen LogP contribution in [0.5, 0.6) is 0 Å². The smallest absolute Gasteiger partial charge is 0.0101 e. The third-order valence-corrected chi connectivity index (χ3v) is 3.91. The number of rotatable bonds is 5. The quantitative estimate of drug-likeness (QED) is 0.626. The van der Waals surface area contributed by atoms with Crippen molar-refractivity contribution in [1.82, 2.24) is 0 Å². The van der Waals surface area contributed by atoms with Crippen molar-refractivity contribution < 1.29 is 0 Å². The summed E-state index contributed by atoms with van der Waals surface area (Å²) in [6.45, 7) is 13.9. The second kappa shape index (κ2) is 5.71. The summed E-state index contributed by atoms with van der Waals surface area (Å²) < 4.78 is 0. The van der Waals surface area contributed by atoms with Gasteiger partial charge in [-0.3, -0.25) is 0 Å². The fourth-order valence-electron chi connectivity index (χ4n) is 2.45. The lowest BCUT2D eigenvalue weighted by atomic mass is 9.76. The van der Waals surface area contributed by atoms with E-state index in [0.717, 1.165) is 5.92 Å². The van der Waals surface area contributed by atoms with Gasteiger partial charge in [-0.25, -0.2) is 0 Å². The predicted molar refractivity (Wildman–Crippen MR) is 77.6 cm³/mol. The fourth-order valence-corrected chi connectivity index (χ4v) is 2.45. The summed E-state index contributed by atoms with van der Waals surface area (Å²) in [5.41, 5.74) is 3.21. The minimum Gasteiger partial charge on any atom is -0.0651 e. The van der Waals surface area contributed by atoms with E-state index < -0.39 is 0 Å². The van der Waals surface area contributed by atoms with Crippen LogP contribution in [0.3, 0.4) is 0 Å². The summed E-state index contributed by atoms with van der Waals surface area (Å²) >= 11 is 0. The highest BCUT2D eigenvalue weighted by molar-refractivity contribution is 5.29. The average molecular weight is 232 g/mol. The maximum atomic E-state index is 2.36. The Morgan fingerprint density at radius 3 is 1.94 bits per heavy atom. The largest absolute Gasteiger partial charge is 0.0651 e. The Bertz CT molecular complexity index is 330. The van der Waals surface area contributed by atoms with Gasteiger partial charge in [-0.1, -0.05) is 72.2 Å². The molecule has 0 saturated carbocycles. The lowest BCUT2D eigenvalue weighted by Crippen LogP contribution is -2.20. The van der Waals surface area contributed by atoms with Crippen molar-refractivity contribution in [3.63, 3.8) is 0 Å². The second-order valence-corrected chi connectivity index (χ2v) is 6.38. The van der Waals surface area contributed by atoms with Gasteiger partial charge in [-0.05, 0) is 34.8 Å². The second-order valence-electron chi connectivity index (χ2n) is 6.38. The molecule has 17 heavy (non-hydrogen) atoms. The van der Waals surface area contributed by atoms with Gasteiger partial charge in [-0.15, -0.1) is 0 Å². The van der Waals surface area contributed by atoms with Crippen LogP contribution in [0, 0.1) is 5.92 Å². The van der Waals surface area contributed by atoms with Gasteiger partial charge in [0.05, 0.1) is 0 Å². The molecule has 0 saturated heterocycles. The third kappa shape index (κ3) is 3.87. The lowest BCUT2D eigenvalue weighted by molar-refractivity contribution is 0.372. The van der Waals surface area contributed by atoms with E-state index in [0.29, 0.717) is 11.3 Å². The molecule has 0 radical (unpaired) electrons. The molecule has 0 fully saturated rings. The van der Waals surface area contributed by atoms with Crippen molar-refractivity contribution in [3.8, 4) is 0 Å². The molecule has 0 heteroatoms. The summed E-state index contributed by atoms with van der Waals surface area (Å²) in [5.74, 6) is 1.43. The van der Waals surface area contributed by atoms with E-state index in [1.165, 1.54) is 24.0 Å². The molecule has 1 unspecified atom stereocenters. The Morgan fingerprint density at radius 2 is 1.53 bits per heavy atom. The summed E-state index contributed by atoms with van der Waals surface area (Å²) in [5, 5.41) is 0. The van der Waals surface area contributed by atoms with Gasteiger partial charge in [0, 0.05) is 0 Å². The van der Waals surface area contributed by atoms with Crippen LogP contribution in [-0.2, 0) is 5.41 Å². The molecule has 1 aromatic carbocycles. The molecular weight excluding hydrogens is 204 g/mol. The number of benzene rings is 1. The molecule has 1 aromatic rings. The monoisotopic (exact) mass is 232 g/mol. The highest BCUT2D eigenvalue weighted by Crippen LogP contribution is 2.32. The molecule has 0 N–H and O–H groups in total. The summed E-state index contributed by atoms with van der Waals surface area (Å²) in [7, 11) is 0. The summed E-state index contributed by atoms with van der Waals surface area (Å²) in [6.07, 6.45) is 2.54. The fraction of sp³-hybridized carbons (Fsp3) is 0.647. The van der Waals surface area contributed by atoms with Gasteiger partial charge in [0.2, 0.25) is 0 Å². The van der Waals surface area contributed by atoms with Crippen LogP contribution in [0.4, 0.5) is 0 Å². The van der Waals surface area contributed by atoms with E-state index in [2.05, 4.69) is 65.8 Å². The van der Waals surface area contributed by atoms with Crippen molar-refractivity contribution in [3.05, 3.63) is 35.4 Å². The van der Waals surface area contributed by atoms with Gasteiger partial charge in [0.1, 0.15) is 0 Å². The Morgan fingerprint density at radius 1 is 1.00 bits per heavy atom. The van der Waals surface area contributed by atoms with E-state index in [9.17, 15) is 0 Å². The Hall–Kier alpha value is -0.780. The molecule has 96 valence electrons. The topological polar surface area (TPSA) is 0 Å². The highest BCUT2D eigenvalue weighted by Gasteiger charge is 2.22. The van der Waals surface area contributed by atoms with Crippen LogP contribution in [-0.4, -0.2) is 0 Å². The van der Waals surface area contributed by atoms with Crippen LogP contribution in [0.25, 0.3) is 0 Å². The normalized spacial score (nSPS) is 14.1. The molecular formula is C17H28. The molecule has 0 aliphatic carbocycles. The van der Waals surface area contributed by atoms with Crippen molar-refractivity contribution in [1.29, 1.82) is 0 Å². The van der Waals surface area contributed by atoms with Gasteiger partial charge in [0.25, 0.3) is 0 Å². The van der Waals surface area contributed by atoms with E-state index >= 15 is 0 Å². The first-order valence-electron chi connectivity index (χ1n) is 6.97. The lowest BCUT2D eigenvalue weighted by Gasteiger charge is -2.28. The van der Waals surface area contributed by atoms with E-state index in [-0.39, 0.29) is 0 Å². The standard InChI is InChI=1S/C17H28/c1-7-14(4)12-17(5,6)16-10-8-15(9-11-16)13(2)3/h8-11,13-14H,7,12H2,1-6H3. The van der Waals surface area contributed by atoms with Crippen molar-refractivity contribution in [2.24, 2.45) is 5.92 Å². The van der Waals surface area contributed by atoms with E-state index in [4.69, 9.17) is 0 Å². The van der Waals surface area contributed by atoms with Gasteiger partial charge >= 0.3 is 0 Å². The van der Waals surface area contributed by atoms with Gasteiger partial charge < -0.3 is 0 Å². The third-order valence-electron chi connectivity index (χ3n) is 3.91. The van der Waals surface area contributed by atoms with Gasteiger partial charge in [-0.2, -0.15) is 0 Å². The molecule has 1 rings (SSSR count). The average Bonchev–Trinajstić information content (AvgIpc) is 2.28. The van der Waals surface area contributed by atoms with E-state index in [1.807, 2.05) is 0 Å². The molecule has 0 aromatic heterocycles. The van der Waals surface area contributed by atoms with Crippen LogP contribution in [0.15, 0.2) is 24.3 Å². The van der Waals surface area contributed by atoms with Crippen LogP contribution >= 0.6 is 0 Å². The highest BCUT2D eigenvalue weighted by atomic mass is 14.3. The van der Waals surface area contributed by atoms with Gasteiger partial charge in [0.15, 0.2) is 0 Å². The minimum absolute atomic E-state index is 0.297. The zero-order valence-electron chi connectivity index (χ0n) is 12.4. The van der Waals surface area contributed by atoms with Crippen LogP contribution < -0.4 is 0 Å². The first-order valence-corrected chi connectivity index (χ1v) is 6.97. The molecule has 0 heterocycles. The molecule has 0 aliphatic rings. The Balaban J connectivity index is 2.84. The van der Waals surface area contributed by atoms with Crippen molar-refractivity contribution >= 4 is 0 Å². The number of hydrogen-bond donors (Lipinski definition) is 0. The van der Waals surface area contributed by atoms with Crippen LogP contribution in [0.2, 0.25) is 0 Å². The SMILES string of the molecule is CCC(C)CC(C)(C)c1ccc(C(C)C)cc1. The zero-order chi connectivity index (χ0) is 13.1. The molecule has 0 bridgehead atoms. The Kier molecular flexibility index (Phi) is 4.80. The van der Waals surface area contributed by atoms with E-state index in [1.54, 1.807) is 0 Å². The van der Waals surface area contributed by atoms with Crippen molar-refractivity contribution in [2.75, 3.05) is 0 Å². The minimum atomic E-state index is 0.297. The molecule has 0 spiro atoms. The Labute approximate surface area is 107 Å².